The summed E-state index contributed by atoms with van der Waals surface area (Å²) in [5.41, 5.74) is 4.51. The lowest BCUT2D eigenvalue weighted by Gasteiger charge is -2.33. The quantitative estimate of drug-likeness (QED) is 0.582. The Bertz CT molecular complexity index is 1110. The Hall–Kier alpha value is -3.25. The summed E-state index contributed by atoms with van der Waals surface area (Å²) in [6.07, 6.45) is 1.94. The predicted octanol–water partition coefficient (Wildman–Crippen LogP) is 4.74. The maximum absolute atomic E-state index is 13.4. The molecule has 1 aromatic heterocycles. The summed E-state index contributed by atoms with van der Waals surface area (Å²) in [6.45, 7) is 4.54. The van der Waals surface area contributed by atoms with Crippen molar-refractivity contribution in [2.75, 3.05) is 44.3 Å². The van der Waals surface area contributed by atoms with Crippen LogP contribution in [-0.2, 0) is 4.74 Å². The van der Waals surface area contributed by atoms with E-state index in [1.54, 1.807) is 12.1 Å². The molecule has 2 fully saturated rings. The molecule has 170 valence electrons. The number of morpholine rings is 1. The van der Waals surface area contributed by atoms with Crippen molar-refractivity contribution in [3.05, 3.63) is 83.8 Å². The van der Waals surface area contributed by atoms with Crippen molar-refractivity contribution >= 4 is 11.6 Å². The van der Waals surface area contributed by atoms with Crippen molar-refractivity contribution in [2.24, 2.45) is 0 Å². The molecule has 5 nitrogen and oxygen atoms in total. The highest BCUT2D eigenvalue weighted by Crippen LogP contribution is 2.29. The number of pyridine rings is 1. The molecule has 0 aliphatic carbocycles. The summed E-state index contributed by atoms with van der Waals surface area (Å²) in [4.78, 5) is 22.4. The smallest absolute Gasteiger partial charge is 0.253 e. The summed E-state index contributed by atoms with van der Waals surface area (Å²) in [5, 5.41) is 0. The van der Waals surface area contributed by atoms with Crippen molar-refractivity contribution in [3.8, 4) is 11.3 Å². The maximum Gasteiger partial charge on any atom is 0.253 e. The first-order valence-electron chi connectivity index (χ1n) is 11.6. The first-order valence-corrected chi connectivity index (χ1v) is 11.6. The van der Waals surface area contributed by atoms with Crippen LogP contribution in [0.25, 0.3) is 11.3 Å². The molecule has 3 heterocycles. The van der Waals surface area contributed by atoms with Crippen molar-refractivity contribution < 1.29 is 13.9 Å². The van der Waals surface area contributed by atoms with E-state index < -0.39 is 0 Å². The number of carbonyl (C=O) groups is 1. The normalized spacial score (nSPS) is 18.9. The second-order valence-electron chi connectivity index (χ2n) is 8.69. The van der Waals surface area contributed by atoms with Crippen LogP contribution in [-0.4, -0.2) is 55.2 Å². The van der Waals surface area contributed by atoms with Crippen molar-refractivity contribution in [1.82, 2.24) is 9.88 Å². The number of rotatable bonds is 4. The molecule has 1 atom stereocenters. The fourth-order valence-corrected chi connectivity index (χ4v) is 4.70. The third-order valence-corrected chi connectivity index (χ3v) is 6.51. The van der Waals surface area contributed by atoms with Gasteiger partial charge >= 0.3 is 0 Å². The van der Waals surface area contributed by atoms with E-state index in [4.69, 9.17) is 9.72 Å². The average molecular weight is 446 g/mol. The van der Waals surface area contributed by atoms with Gasteiger partial charge in [0.15, 0.2) is 0 Å². The van der Waals surface area contributed by atoms with Crippen LogP contribution in [0.15, 0.2) is 66.7 Å². The Morgan fingerprint density at radius 2 is 1.76 bits per heavy atom. The number of benzene rings is 2. The van der Waals surface area contributed by atoms with Crippen LogP contribution in [0.2, 0.25) is 0 Å². The summed E-state index contributed by atoms with van der Waals surface area (Å²) in [5.74, 6) is 0.00375. The van der Waals surface area contributed by atoms with Crippen LogP contribution >= 0.6 is 0 Å². The predicted molar refractivity (Wildman–Crippen MR) is 127 cm³/mol. The number of aromatic nitrogens is 1. The summed E-state index contributed by atoms with van der Waals surface area (Å²) < 4.78 is 18.7. The maximum atomic E-state index is 13.4. The van der Waals surface area contributed by atoms with Gasteiger partial charge in [0, 0.05) is 54.6 Å². The molecule has 0 N–H and O–H groups in total. The number of amides is 1. The van der Waals surface area contributed by atoms with E-state index in [9.17, 15) is 9.18 Å². The summed E-state index contributed by atoms with van der Waals surface area (Å²) in [7, 11) is 0. The molecule has 33 heavy (non-hydrogen) atoms. The van der Waals surface area contributed by atoms with Gasteiger partial charge in [-0.15, -0.1) is 0 Å². The van der Waals surface area contributed by atoms with Crippen LogP contribution in [0.5, 0.6) is 0 Å². The van der Waals surface area contributed by atoms with Gasteiger partial charge in [0.05, 0.1) is 18.9 Å². The number of anilines is 1. The molecule has 5 rings (SSSR count). The summed E-state index contributed by atoms with van der Waals surface area (Å²) >= 11 is 0. The zero-order valence-corrected chi connectivity index (χ0v) is 18.6. The number of ether oxygens (including phenoxy) is 1. The van der Waals surface area contributed by atoms with E-state index in [-0.39, 0.29) is 17.6 Å². The van der Waals surface area contributed by atoms with Gasteiger partial charge in [-0.3, -0.25) is 9.78 Å². The molecule has 2 aromatic carbocycles. The van der Waals surface area contributed by atoms with Crippen LogP contribution in [0, 0.1) is 5.82 Å². The topological polar surface area (TPSA) is 45.7 Å². The van der Waals surface area contributed by atoms with E-state index in [1.807, 2.05) is 41.3 Å². The average Bonchev–Trinajstić information content (AvgIpc) is 2.89. The molecular formula is C27H28FN3O2. The Morgan fingerprint density at radius 3 is 2.58 bits per heavy atom. The largest absolute Gasteiger partial charge is 0.378 e. The fraction of sp³-hybridized carbons (Fsp3) is 0.333. The van der Waals surface area contributed by atoms with E-state index in [2.05, 4.69) is 11.0 Å². The van der Waals surface area contributed by atoms with Crippen LogP contribution in [0.1, 0.15) is 34.8 Å². The van der Waals surface area contributed by atoms with Gasteiger partial charge in [0.2, 0.25) is 0 Å². The van der Waals surface area contributed by atoms with Gasteiger partial charge in [0.25, 0.3) is 5.91 Å². The number of piperidine rings is 1. The van der Waals surface area contributed by atoms with Crippen molar-refractivity contribution in [1.29, 1.82) is 0 Å². The molecule has 2 saturated heterocycles. The van der Waals surface area contributed by atoms with Gasteiger partial charge in [-0.25, -0.2) is 4.39 Å². The molecule has 2 aliphatic rings. The van der Waals surface area contributed by atoms with Crippen molar-refractivity contribution in [2.45, 2.75) is 18.8 Å². The Morgan fingerprint density at radius 1 is 0.970 bits per heavy atom. The zero-order chi connectivity index (χ0) is 22.6. The molecular weight excluding hydrogens is 417 g/mol. The van der Waals surface area contributed by atoms with E-state index in [0.29, 0.717) is 6.54 Å². The first-order chi connectivity index (χ1) is 16.2. The SMILES string of the molecule is O=C(c1cccc(N2CCOCC2)c1)N1CCC[C@@H](c2cccc(-c3ccc(F)cc3)n2)C1. The highest BCUT2D eigenvalue weighted by molar-refractivity contribution is 5.95. The Balaban J connectivity index is 1.31. The molecule has 0 spiro atoms. The molecule has 6 heteroatoms. The lowest BCUT2D eigenvalue weighted by Crippen LogP contribution is -2.39. The van der Waals surface area contributed by atoms with Gasteiger partial charge in [-0.1, -0.05) is 12.1 Å². The van der Waals surface area contributed by atoms with Gasteiger partial charge < -0.3 is 14.5 Å². The number of carbonyl (C=O) groups excluding carboxylic acids is 1. The van der Waals surface area contributed by atoms with Crippen molar-refractivity contribution in [3.63, 3.8) is 0 Å². The van der Waals surface area contributed by atoms with Crippen LogP contribution in [0.3, 0.4) is 0 Å². The molecule has 3 aromatic rings. The van der Waals surface area contributed by atoms with E-state index in [1.165, 1.54) is 12.1 Å². The monoisotopic (exact) mass is 445 g/mol. The number of hydrogen-bond donors (Lipinski definition) is 0. The molecule has 0 bridgehead atoms. The highest BCUT2D eigenvalue weighted by atomic mass is 19.1. The van der Waals surface area contributed by atoms with Crippen LogP contribution < -0.4 is 4.90 Å². The molecule has 2 aliphatic heterocycles. The van der Waals surface area contributed by atoms with Gasteiger partial charge in [-0.2, -0.15) is 0 Å². The highest BCUT2D eigenvalue weighted by Gasteiger charge is 2.27. The number of nitrogens with zero attached hydrogens (tertiary/aromatic N) is 3. The second-order valence-corrected chi connectivity index (χ2v) is 8.69. The third-order valence-electron chi connectivity index (χ3n) is 6.51. The molecule has 0 unspecified atom stereocenters. The lowest BCUT2D eigenvalue weighted by atomic mass is 9.93. The molecule has 0 saturated carbocycles. The number of halogens is 1. The fourth-order valence-electron chi connectivity index (χ4n) is 4.70. The van der Waals surface area contributed by atoms with Crippen LogP contribution in [0.4, 0.5) is 10.1 Å². The zero-order valence-electron chi connectivity index (χ0n) is 18.6. The second kappa shape index (κ2) is 9.71. The Kier molecular flexibility index (Phi) is 6.35. The van der Waals surface area contributed by atoms with E-state index in [0.717, 1.165) is 73.9 Å². The molecule has 1 amide bonds. The number of likely N-dealkylation sites (tertiary alicyclic amines) is 1. The van der Waals surface area contributed by atoms with Gasteiger partial charge in [-0.05, 0) is 67.4 Å². The first kappa shape index (κ1) is 21.6. The minimum absolute atomic E-state index is 0.0736. The Labute approximate surface area is 193 Å². The van der Waals surface area contributed by atoms with E-state index >= 15 is 0 Å². The van der Waals surface area contributed by atoms with Gasteiger partial charge in [0.1, 0.15) is 5.82 Å². The molecule has 0 radical (unpaired) electrons. The summed E-state index contributed by atoms with van der Waals surface area (Å²) in [6, 6.07) is 20.3. The third kappa shape index (κ3) is 4.91. The standard InChI is InChI=1S/C27H28FN3O2/c28-23-11-9-20(10-12-23)25-7-2-8-26(29-25)22-5-3-13-31(19-22)27(32)21-4-1-6-24(18-21)30-14-16-33-17-15-30/h1-2,4,6-12,18,22H,3,5,13-17,19H2/t22-/m1/s1. The minimum Gasteiger partial charge on any atom is -0.378 e. The minimum atomic E-state index is -0.256. The number of hydrogen-bond acceptors (Lipinski definition) is 4. The lowest BCUT2D eigenvalue weighted by molar-refractivity contribution is 0.0706.